The molecule has 1 aromatic rings. The maximum atomic E-state index is 13.6. The van der Waals surface area contributed by atoms with E-state index in [1.165, 1.54) is 0 Å². The topological polar surface area (TPSA) is 15.3 Å². The Labute approximate surface area is 128 Å². The number of piperazine rings is 1. The van der Waals surface area contributed by atoms with E-state index in [9.17, 15) is 17.6 Å². The summed E-state index contributed by atoms with van der Waals surface area (Å²) in [6.45, 7) is 6.70. The third kappa shape index (κ3) is 3.79. The normalized spacial score (nSPS) is 19.9. The number of halogens is 4. The smallest absolute Gasteiger partial charge is 0.314 e. The van der Waals surface area contributed by atoms with Crippen LogP contribution in [0, 0.1) is 11.7 Å². The first-order chi connectivity index (χ1) is 10.3. The average Bonchev–Trinajstić information content (AvgIpc) is 2.47. The summed E-state index contributed by atoms with van der Waals surface area (Å²) < 4.78 is 53.6. The molecular weight excluding hydrogens is 296 g/mol. The van der Waals surface area contributed by atoms with E-state index in [2.05, 4.69) is 5.32 Å². The summed E-state index contributed by atoms with van der Waals surface area (Å²) in [5, 5.41) is 3.20. The first-order valence-corrected chi connectivity index (χ1v) is 7.66. The van der Waals surface area contributed by atoms with Crippen LogP contribution in [0.1, 0.15) is 37.4 Å². The molecule has 22 heavy (non-hydrogen) atoms. The zero-order valence-electron chi connectivity index (χ0n) is 12.9. The summed E-state index contributed by atoms with van der Waals surface area (Å²) in [5.74, 6) is -0.604. The van der Waals surface area contributed by atoms with Crippen molar-refractivity contribution in [2.45, 2.75) is 32.5 Å². The molecule has 2 atom stereocenters. The standard InChI is InChI=1S/C16H22F4N2/c1-3-11(2)15(22-8-6-21-7-9-22)13-10-12(17)4-5-14(13)16(18,19)20/h4-5,10-11,15,21H,3,6-9H2,1-2H3/t11?,15-/m0/s1. The minimum absolute atomic E-state index is 0.0148. The van der Waals surface area contributed by atoms with Gasteiger partial charge in [-0.15, -0.1) is 0 Å². The Morgan fingerprint density at radius 3 is 2.41 bits per heavy atom. The summed E-state index contributed by atoms with van der Waals surface area (Å²) in [6, 6.07) is 2.39. The lowest BCUT2D eigenvalue weighted by Crippen LogP contribution is -2.47. The number of rotatable bonds is 4. The van der Waals surface area contributed by atoms with Crippen molar-refractivity contribution in [3.05, 3.63) is 35.1 Å². The van der Waals surface area contributed by atoms with E-state index in [-0.39, 0.29) is 11.5 Å². The third-order valence-corrected chi connectivity index (χ3v) is 4.37. The molecular formula is C16H22F4N2. The van der Waals surface area contributed by atoms with Gasteiger partial charge in [-0.1, -0.05) is 20.3 Å². The zero-order valence-corrected chi connectivity index (χ0v) is 12.9. The zero-order chi connectivity index (χ0) is 16.3. The molecule has 0 amide bonds. The van der Waals surface area contributed by atoms with Gasteiger partial charge in [-0.25, -0.2) is 4.39 Å². The molecule has 0 aliphatic carbocycles. The highest BCUT2D eigenvalue weighted by atomic mass is 19.4. The van der Waals surface area contributed by atoms with Gasteiger partial charge in [0.1, 0.15) is 5.82 Å². The molecule has 6 heteroatoms. The number of nitrogens with one attached hydrogen (secondary N) is 1. The van der Waals surface area contributed by atoms with Crippen molar-refractivity contribution in [3.8, 4) is 0 Å². The Bertz CT molecular complexity index is 495. The van der Waals surface area contributed by atoms with E-state index in [1.54, 1.807) is 0 Å². The summed E-state index contributed by atoms with van der Waals surface area (Å²) in [7, 11) is 0. The fourth-order valence-corrected chi connectivity index (χ4v) is 3.08. The molecule has 0 bridgehead atoms. The summed E-state index contributed by atoms with van der Waals surface area (Å²) in [4.78, 5) is 2.04. The van der Waals surface area contributed by atoms with Crippen LogP contribution in [0.5, 0.6) is 0 Å². The maximum absolute atomic E-state index is 13.6. The second-order valence-corrected chi connectivity index (χ2v) is 5.85. The molecule has 1 unspecified atom stereocenters. The van der Waals surface area contributed by atoms with Crippen molar-refractivity contribution < 1.29 is 17.6 Å². The Morgan fingerprint density at radius 1 is 1.23 bits per heavy atom. The second-order valence-electron chi connectivity index (χ2n) is 5.85. The van der Waals surface area contributed by atoms with Crippen LogP contribution >= 0.6 is 0 Å². The highest BCUT2D eigenvalue weighted by Crippen LogP contribution is 2.40. The SMILES string of the molecule is CCC(C)[C@@H](c1cc(F)ccc1C(F)(F)F)N1CCNCC1. The van der Waals surface area contributed by atoms with Crippen LogP contribution in [0.15, 0.2) is 18.2 Å². The molecule has 1 N–H and O–H groups in total. The Hall–Kier alpha value is -1.14. The number of hydrogen-bond donors (Lipinski definition) is 1. The predicted molar refractivity (Wildman–Crippen MR) is 78.0 cm³/mol. The minimum atomic E-state index is -4.47. The number of benzene rings is 1. The Morgan fingerprint density at radius 2 is 1.86 bits per heavy atom. The molecule has 124 valence electrons. The van der Waals surface area contributed by atoms with Crippen molar-refractivity contribution in [2.24, 2.45) is 5.92 Å². The summed E-state index contributed by atoms with van der Waals surface area (Å²) >= 11 is 0. The molecule has 1 saturated heterocycles. The van der Waals surface area contributed by atoms with E-state index < -0.39 is 23.6 Å². The van der Waals surface area contributed by atoms with E-state index in [4.69, 9.17) is 0 Å². The van der Waals surface area contributed by atoms with Gasteiger partial charge in [0.05, 0.1) is 5.56 Å². The maximum Gasteiger partial charge on any atom is 0.416 e. The van der Waals surface area contributed by atoms with Crippen LogP contribution in [-0.4, -0.2) is 31.1 Å². The molecule has 1 aliphatic rings. The highest BCUT2D eigenvalue weighted by Gasteiger charge is 2.38. The number of nitrogens with zero attached hydrogens (tertiary/aromatic N) is 1. The van der Waals surface area contributed by atoms with Gasteiger partial charge < -0.3 is 5.32 Å². The number of hydrogen-bond acceptors (Lipinski definition) is 2. The Kier molecular flexibility index (Phi) is 5.45. The van der Waals surface area contributed by atoms with Crippen LogP contribution in [0.25, 0.3) is 0 Å². The van der Waals surface area contributed by atoms with Gasteiger partial charge in [-0.3, -0.25) is 4.90 Å². The van der Waals surface area contributed by atoms with Gasteiger partial charge in [0.25, 0.3) is 0 Å². The average molecular weight is 318 g/mol. The molecule has 0 spiro atoms. The second kappa shape index (κ2) is 6.96. The van der Waals surface area contributed by atoms with Crippen LogP contribution < -0.4 is 5.32 Å². The predicted octanol–water partition coefficient (Wildman–Crippen LogP) is 3.84. The first-order valence-electron chi connectivity index (χ1n) is 7.66. The molecule has 2 rings (SSSR count). The first kappa shape index (κ1) is 17.2. The molecule has 1 aromatic carbocycles. The summed E-state index contributed by atoms with van der Waals surface area (Å²) in [5.41, 5.74) is -0.665. The van der Waals surface area contributed by atoms with Crippen LogP contribution in [0.4, 0.5) is 17.6 Å². The summed E-state index contributed by atoms with van der Waals surface area (Å²) in [6.07, 6.45) is -3.73. The molecule has 0 aromatic heterocycles. The van der Waals surface area contributed by atoms with Gasteiger partial charge in [0.15, 0.2) is 0 Å². The fourth-order valence-electron chi connectivity index (χ4n) is 3.08. The fraction of sp³-hybridized carbons (Fsp3) is 0.625. The van der Waals surface area contributed by atoms with Crippen LogP contribution in [0.3, 0.4) is 0 Å². The molecule has 1 heterocycles. The lowest BCUT2D eigenvalue weighted by Gasteiger charge is -2.39. The van der Waals surface area contributed by atoms with Crippen molar-refractivity contribution in [1.29, 1.82) is 0 Å². The molecule has 0 saturated carbocycles. The van der Waals surface area contributed by atoms with Gasteiger partial charge >= 0.3 is 6.18 Å². The monoisotopic (exact) mass is 318 g/mol. The van der Waals surface area contributed by atoms with Crippen molar-refractivity contribution in [3.63, 3.8) is 0 Å². The Balaban J connectivity index is 2.48. The van der Waals surface area contributed by atoms with Crippen LogP contribution in [-0.2, 0) is 6.18 Å². The van der Waals surface area contributed by atoms with Gasteiger partial charge in [-0.05, 0) is 29.7 Å². The van der Waals surface area contributed by atoms with Gasteiger partial charge in [-0.2, -0.15) is 13.2 Å². The van der Waals surface area contributed by atoms with Gasteiger partial charge in [0, 0.05) is 32.2 Å². The van der Waals surface area contributed by atoms with Crippen molar-refractivity contribution >= 4 is 0 Å². The molecule has 0 radical (unpaired) electrons. The number of alkyl halides is 3. The van der Waals surface area contributed by atoms with E-state index >= 15 is 0 Å². The van der Waals surface area contributed by atoms with E-state index in [1.807, 2.05) is 18.7 Å². The van der Waals surface area contributed by atoms with Crippen molar-refractivity contribution in [1.82, 2.24) is 10.2 Å². The largest absolute Gasteiger partial charge is 0.416 e. The van der Waals surface area contributed by atoms with E-state index in [0.717, 1.165) is 37.7 Å². The lowest BCUT2D eigenvalue weighted by atomic mass is 9.87. The lowest BCUT2D eigenvalue weighted by molar-refractivity contribution is -0.139. The minimum Gasteiger partial charge on any atom is -0.314 e. The molecule has 1 fully saturated rings. The van der Waals surface area contributed by atoms with Crippen molar-refractivity contribution in [2.75, 3.05) is 26.2 Å². The van der Waals surface area contributed by atoms with Gasteiger partial charge in [0.2, 0.25) is 0 Å². The van der Waals surface area contributed by atoms with Crippen LogP contribution in [0.2, 0.25) is 0 Å². The quantitative estimate of drug-likeness (QED) is 0.849. The third-order valence-electron chi connectivity index (χ3n) is 4.37. The molecule has 1 aliphatic heterocycles. The van der Waals surface area contributed by atoms with E-state index in [0.29, 0.717) is 13.1 Å². The molecule has 2 nitrogen and oxygen atoms in total. The highest BCUT2D eigenvalue weighted by molar-refractivity contribution is 5.33.